The largest absolute Gasteiger partial charge is 0.418 e. The zero-order chi connectivity index (χ0) is 33.9. The van der Waals surface area contributed by atoms with Crippen molar-refractivity contribution >= 4 is 57.8 Å². The zero-order valence-electron chi connectivity index (χ0n) is 26.8. The van der Waals surface area contributed by atoms with Gasteiger partial charge in [-0.1, -0.05) is 62.6 Å². The van der Waals surface area contributed by atoms with E-state index in [0.717, 1.165) is 23.3 Å². The van der Waals surface area contributed by atoms with Gasteiger partial charge in [0.2, 0.25) is 0 Å². The van der Waals surface area contributed by atoms with Crippen molar-refractivity contribution in [2.24, 2.45) is 45.2 Å². The Labute approximate surface area is 282 Å². The number of thioether (sulfide) groups is 1. The molecule has 2 aliphatic rings. The Morgan fingerprint density at radius 1 is 1.19 bits per heavy atom. The molecule has 0 amide bonds. The number of nitrogens with two attached hydrogens (primary N) is 2. The molecule has 6 unspecified atom stereocenters. The highest BCUT2D eigenvalue weighted by Gasteiger charge is 2.43. The van der Waals surface area contributed by atoms with E-state index in [2.05, 4.69) is 48.7 Å². The summed E-state index contributed by atoms with van der Waals surface area (Å²) >= 11 is 7.91. The smallest absolute Gasteiger partial charge is 0.384 e. The number of fused-ring (bicyclic) bond motifs is 1. The van der Waals surface area contributed by atoms with Crippen LogP contribution in [0, 0.1) is 23.7 Å². The number of halogens is 4. The minimum Gasteiger partial charge on any atom is -0.384 e. The van der Waals surface area contributed by atoms with Gasteiger partial charge in [0.1, 0.15) is 11.3 Å². The van der Waals surface area contributed by atoms with Crippen LogP contribution >= 0.6 is 23.4 Å². The molecule has 47 heavy (non-hydrogen) atoms. The van der Waals surface area contributed by atoms with Crippen LogP contribution in [0.2, 0.25) is 5.02 Å². The van der Waals surface area contributed by atoms with Crippen LogP contribution in [0.25, 0.3) is 16.9 Å². The predicted octanol–water partition coefficient (Wildman–Crippen LogP) is 7.14. The van der Waals surface area contributed by atoms with Gasteiger partial charge in [-0.3, -0.25) is 15.8 Å². The Hall–Kier alpha value is -3.55. The van der Waals surface area contributed by atoms with Crippen LogP contribution in [0.5, 0.6) is 0 Å². The Morgan fingerprint density at radius 2 is 1.96 bits per heavy atom. The molecular weight excluding hydrogens is 647 g/mol. The Bertz CT molecular complexity index is 1700. The zero-order valence-corrected chi connectivity index (χ0v) is 28.4. The van der Waals surface area contributed by atoms with Crippen molar-refractivity contribution in [3.8, 4) is 0 Å². The minimum absolute atomic E-state index is 0.0694. The molecule has 9 nitrogen and oxygen atoms in total. The second-order valence-electron chi connectivity index (χ2n) is 12.2. The molecule has 5 rings (SSSR count). The summed E-state index contributed by atoms with van der Waals surface area (Å²) in [4.78, 5) is 9.86. The summed E-state index contributed by atoms with van der Waals surface area (Å²) < 4.78 is 44.2. The fourth-order valence-corrected chi connectivity index (χ4v) is 7.95. The van der Waals surface area contributed by atoms with Crippen LogP contribution < -0.4 is 22.3 Å². The molecule has 1 saturated carbocycles. The van der Waals surface area contributed by atoms with Gasteiger partial charge in [0.15, 0.2) is 0 Å². The monoisotopic (exact) mass is 687 g/mol. The van der Waals surface area contributed by atoms with Gasteiger partial charge in [0, 0.05) is 40.7 Å². The van der Waals surface area contributed by atoms with Crippen molar-refractivity contribution in [2.75, 3.05) is 5.75 Å². The Morgan fingerprint density at radius 3 is 2.62 bits per heavy atom. The van der Waals surface area contributed by atoms with Gasteiger partial charge in [-0.15, -0.1) is 16.9 Å². The number of benzene rings is 2. The summed E-state index contributed by atoms with van der Waals surface area (Å²) in [5.74, 6) is 7.10. The average Bonchev–Trinajstić information content (AvgIpc) is 3.67. The van der Waals surface area contributed by atoms with Crippen molar-refractivity contribution < 1.29 is 13.2 Å². The fraction of sp³-hybridized carbons (Fsp3) is 0.455. The van der Waals surface area contributed by atoms with E-state index in [4.69, 9.17) is 33.2 Å². The highest BCUT2D eigenvalue weighted by molar-refractivity contribution is 8.03. The molecule has 0 radical (unpaired) electrons. The number of hydrazine groups is 1. The maximum atomic E-state index is 14.2. The van der Waals surface area contributed by atoms with Gasteiger partial charge in [0.05, 0.1) is 33.5 Å². The first-order valence-corrected chi connectivity index (χ1v) is 17.2. The van der Waals surface area contributed by atoms with Gasteiger partial charge >= 0.3 is 6.18 Å². The van der Waals surface area contributed by atoms with Crippen molar-refractivity contribution in [1.82, 2.24) is 25.7 Å². The lowest BCUT2D eigenvalue weighted by atomic mass is 9.63. The highest BCUT2D eigenvalue weighted by Crippen LogP contribution is 2.45. The quantitative estimate of drug-likeness (QED) is 0.107. The second-order valence-corrected chi connectivity index (χ2v) is 13.7. The van der Waals surface area contributed by atoms with Crippen LogP contribution in [-0.4, -0.2) is 44.8 Å². The van der Waals surface area contributed by atoms with Gasteiger partial charge in [-0.05, 0) is 61.4 Å². The number of aliphatic imine (C=N–C) groups is 2. The van der Waals surface area contributed by atoms with Gasteiger partial charge in [0.25, 0.3) is 0 Å². The van der Waals surface area contributed by atoms with Crippen molar-refractivity contribution in [1.29, 1.82) is 0 Å². The molecule has 252 valence electrons. The van der Waals surface area contributed by atoms with E-state index in [0.29, 0.717) is 41.3 Å². The van der Waals surface area contributed by atoms with Crippen LogP contribution in [0.4, 0.5) is 18.9 Å². The number of nitrogens with zero attached hydrogens (tertiary/aromatic N) is 5. The van der Waals surface area contributed by atoms with Crippen molar-refractivity contribution in [3.63, 3.8) is 0 Å². The topological polar surface area (TPSA) is 132 Å². The molecule has 1 aliphatic carbocycles. The number of nitrogens with one attached hydrogen (secondary N) is 2. The summed E-state index contributed by atoms with van der Waals surface area (Å²) in [6.45, 7) is 8.50. The highest BCUT2D eigenvalue weighted by atomic mass is 35.5. The SMILES string of the molecule is CCC1CC(C(C=C(N)n2nnc3ccccc32)=Nc2cc(Cl)ccc2C(F)(F)F)C(CC)C(N=CC(NN)=C2NC(C)CS2)C1C. The summed E-state index contributed by atoms with van der Waals surface area (Å²) in [6.07, 6.45) is 1.05. The summed E-state index contributed by atoms with van der Waals surface area (Å²) in [6, 6.07) is 10.9. The molecule has 2 aromatic carbocycles. The first kappa shape index (κ1) is 34.8. The normalized spacial score (nSPS) is 27.0. The maximum Gasteiger partial charge on any atom is 0.418 e. The van der Waals surface area contributed by atoms with E-state index in [9.17, 15) is 13.2 Å². The molecular formula is C33H41ClF3N9S. The third-order valence-corrected chi connectivity index (χ3v) is 10.7. The molecule has 14 heteroatoms. The number of hydrogen-bond donors (Lipinski definition) is 4. The van der Waals surface area contributed by atoms with Crippen molar-refractivity contribution in [3.05, 3.63) is 69.9 Å². The third-order valence-electron chi connectivity index (χ3n) is 9.21. The van der Waals surface area contributed by atoms with Crippen LogP contribution in [0.1, 0.15) is 52.5 Å². The maximum absolute atomic E-state index is 14.2. The summed E-state index contributed by atoms with van der Waals surface area (Å²) in [7, 11) is 0. The molecule has 1 aromatic heterocycles. The lowest BCUT2D eigenvalue weighted by Gasteiger charge is -2.44. The average molecular weight is 688 g/mol. The fourth-order valence-electron chi connectivity index (χ4n) is 6.74. The number of alkyl halides is 3. The van der Waals surface area contributed by atoms with E-state index >= 15 is 0 Å². The minimum atomic E-state index is -4.64. The van der Waals surface area contributed by atoms with E-state index in [1.54, 1.807) is 24.1 Å². The lowest BCUT2D eigenvalue weighted by Crippen LogP contribution is -2.44. The Balaban J connectivity index is 1.65. The van der Waals surface area contributed by atoms with E-state index < -0.39 is 11.7 Å². The number of hydrogen-bond acceptors (Lipinski definition) is 9. The number of para-hydroxylation sites is 1. The lowest BCUT2D eigenvalue weighted by molar-refractivity contribution is -0.137. The molecule has 0 spiro atoms. The number of aromatic nitrogens is 3. The van der Waals surface area contributed by atoms with Gasteiger partial charge in [-0.25, -0.2) is 0 Å². The molecule has 1 saturated heterocycles. The van der Waals surface area contributed by atoms with Crippen LogP contribution in [0.3, 0.4) is 0 Å². The number of rotatable bonds is 9. The molecule has 6 atom stereocenters. The molecule has 3 aromatic rings. The third kappa shape index (κ3) is 7.62. The van der Waals surface area contributed by atoms with E-state index in [-0.39, 0.29) is 46.2 Å². The van der Waals surface area contributed by atoms with E-state index in [1.807, 2.05) is 24.3 Å². The second kappa shape index (κ2) is 14.7. The molecule has 1 aliphatic heterocycles. The van der Waals surface area contributed by atoms with Gasteiger partial charge < -0.3 is 16.5 Å². The van der Waals surface area contributed by atoms with E-state index in [1.165, 1.54) is 16.8 Å². The first-order valence-electron chi connectivity index (χ1n) is 15.8. The first-order chi connectivity index (χ1) is 22.4. The van der Waals surface area contributed by atoms with Crippen LogP contribution in [0.15, 0.2) is 69.3 Å². The molecule has 2 fully saturated rings. The molecule has 0 bridgehead atoms. The van der Waals surface area contributed by atoms with Crippen molar-refractivity contribution in [2.45, 2.75) is 65.2 Å². The standard InChI is InChI=1S/C33H41ClF3N9S/c1-5-20-13-23(22(6-2)31(19(20)4)40-16-28(43-39)32-41-18(3)17-47-32)26(42-27-14-21(34)11-12-24(27)33(35,36)37)15-30(38)46-29-10-8-7-9-25(29)44-45-46/h7-12,14-16,18-20,22-23,31,41,43H,5-6,13,17,38-39H2,1-4H3. The summed E-state index contributed by atoms with van der Waals surface area (Å²) in [5.41, 5.74) is 10.7. The molecule has 2 heterocycles. The predicted molar refractivity (Wildman–Crippen MR) is 186 cm³/mol. The summed E-state index contributed by atoms with van der Waals surface area (Å²) in [5, 5.41) is 12.9. The van der Waals surface area contributed by atoms with Crippen LogP contribution in [-0.2, 0) is 6.18 Å². The molecule has 6 N–H and O–H groups in total. The number of allylic oxidation sites excluding steroid dienone is 2. The Kier molecular flexibility index (Phi) is 10.9. The van der Waals surface area contributed by atoms with Gasteiger partial charge in [-0.2, -0.15) is 17.9 Å².